The van der Waals surface area contributed by atoms with Gasteiger partial charge in [-0.1, -0.05) is 13.8 Å². The highest BCUT2D eigenvalue weighted by Crippen LogP contribution is 2.31. The van der Waals surface area contributed by atoms with Gasteiger partial charge < -0.3 is 14.7 Å². The molecule has 0 atom stereocenters. The van der Waals surface area contributed by atoms with E-state index in [-0.39, 0.29) is 11.8 Å². The Balaban J connectivity index is 1.36. The molecule has 2 aliphatic heterocycles. The van der Waals surface area contributed by atoms with E-state index in [1.165, 1.54) is 0 Å². The van der Waals surface area contributed by atoms with Crippen LogP contribution < -0.4 is 0 Å². The van der Waals surface area contributed by atoms with Crippen molar-refractivity contribution in [3.63, 3.8) is 0 Å². The monoisotopic (exact) mass is 336 g/mol. The molecule has 6 heteroatoms. The second kappa shape index (κ2) is 7.83. The minimum absolute atomic E-state index is 0.228. The quantitative estimate of drug-likeness (QED) is 0.726. The van der Waals surface area contributed by atoms with Crippen LogP contribution in [0.2, 0.25) is 0 Å². The van der Waals surface area contributed by atoms with Gasteiger partial charge in [0.2, 0.25) is 11.8 Å². The number of rotatable bonds is 5. The van der Waals surface area contributed by atoms with E-state index in [1.807, 2.05) is 9.80 Å². The summed E-state index contributed by atoms with van der Waals surface area (Å²) in [7, 11) is 0. The summed E-state index contributed by atoms with van der Waals surface area (Å²) in [5.74, 6) is 1.52. The van der Waals surface area contributed by atoms with Crippen molar-refractivity contribution in [2.45, 2.75) is 26.7 Å². The number of hydrogen-bond acceptors (Lipinski definition) is 4. The molecule has 1 aliphatic carbocycles. The Morgan fingerprint density at radius 2 is 1.38 bits per heavy atom. The van der Waals surface area contributed by atoms with Crippen molar-refractivity contribution in [1.82, 2.24) is 19.6 Å². The van der Waals surface area contributed by atoms with Crippen LogP contribution in [0.5, 0.6) is 0 Å². The van der Waals surface area contributed by atoms with Crippen molar-refractivity contribution < 1.29 is 9.59 Å². The van der Waals surface area contributed by atoms with Crippen LogP contribution in [0.4, 0.5) is 0 Å². The van der Waals surface area contributed by atoms with Gasteiger partial charge in [-0.05, 0) is 18.8 Å². The fourth-order valence-electron chi connectivity index (χ4n) is 3.70. The minimum atomic E-state index is 0.228. The molecule has 0 radical (unpaired) electrons. The summed E-state index contributed by atoms with van der Waals surface area (Å²) in [6.45, 7) is 13.1. The molecule has 24 heavy (non-hydrogen) atoms. The Morgan fingerprint density at radius 3 is 1.92 bits per heavy atom. The number of amides is 2. The smallest absolute Gasteiger partial charge is 0.236 e. The predicted octanol–water partition coefficient (Wildman–Crippen LogP) is 0.341. The molecule has 2 amide bonds. The molecule has 3 rings (SSSR count). The van der Waals surface area contributed by atoms with Gasteiger partial charge >= 0.3 is 0 Å². The molecule has 3 aliphatic rings. The van der Waals surface area contributed by atoms with Gasteiger partial charge in [-0.3, -0.25) is 14.5 Å². The topological polar surface area (TPSA) is 47.1 Å². The third-order valence-electron chi connectivity index (χ3n) is 5.32. The molecule has 0 N–H and O–H groups in total. The lowest BCUT2D eigenvalue weighted by Gasteiger charge is -2.38. The van der Waals surface area contributed by atoms with Crippen molar-refractivity contribution in [3.8, 4) is 0 Å². The minimum Gasteiger partial charge on any atom is -0.339 e. The number of piperazine rings is 2. The first kappa shape index (κ1) is 17.7. The summed E-state index contributed by atoms with van der Waals surface area (Å²) in [5.41, 5.74) is 0. The molecule has 3 fully saturated rings. The average molecular weight is 336 g/mol. The lowest BCUT2D eigenvalue weighted by molar-refractivity contribution is -0.141. The fraction of sp³-hybridized carbons (Fsp3) is 0.889. The second-order valence-corrected chi connectivity index (χ2v) is 7.95. The van der Waals surface area contributed by atoms with Crippen LogP contribution in [-0.4, -0.2) is 96.9 Å². The summed E-state index contributed by atoms with van der Waals surface area (Å²) >= 11 is 0. The molecule has 0 bridgehead atoms. The normalized spacial score (nSPS) is 23.8. The largest absolute Gasteiger partial charge is 0.339 e. The molecule has 0 aromatic carbocycles. The lowest BCUT2D eigenvalue weighted by atomic mass is 10.2. The van der Waals surface area contributed by atoms with Gasteiger partial charge in [-0.2, -0.15) is 0 Å². The van der Waals surface area contributed by atoms with E-state index in [0.717, 1.165) is 45.6 Å². The van der Waals surface area contributed by atoms with Gasteiger partial charge in [0.1, 0.15) is 0 Å². The lowest BCUT2D eigenvalue weighted by Crippen LogP contribution is -2.55. The van der Waals surface area contributed by atoms with E-state index in [9.17, 15) is 9.59 Å². The summed E-state index contributed by atoms with van der Waals surface area (Å²) in [6, 6.07) is 0. The molecule has 1 saturated carbocycles. The molecule has 2 saturated heterocycles. The third kappa shape index (κ3) is 4.70. The van der Waals surface area contributed by atoms with Gasteiger partial charge in [0.15, 0.2) is 0 Å². The highest BCUT2D eigenvalue weighted by Gasteiger charge is 2.35. The average Bonchev–Trinajstić information content (AvgIpc) is 3.40. The maximum Gasteiger partial charge on any atom is 0.236 e. The zero-order valence-corrected chi connectivity index (χ0v) is 15.2. The van der Waals surface area contributed by atoms with E-state index >= 15 is 0 Å². The van der Waals surface area contributed by atoms with Crippen molar-refractivity contribution in [2.24, 2.45) is 11.8 Å². The Kier molecular flexibility index (Phi) is 5.76. The number of carbonyl (C=O) groups excluding carboxylic acids is 2. The van der Waals surface area contributed by atoms with Crippen molar-refractivity contribution >= 4 is 11.8 Å². The van der Waals surface area contributed by atoms with Gasteiger partial charge in [-0.25, -0.2) is 0 Å². The van der Waals surface area contributed by atoms with E-state index in [1.54, 1.807) is 0 Å². The Hall–Kier alpha value is -1.14. The van der Waals surface area contributed by atoms with Crippen LogP contribution in [0.1, 0.15) is 26.7 Å². The van der Waals surface area contributed by atoms with E-state index in [0.29, 0.717) is 44.5 Å². The predicted molar refractivity (Wildman–Crippen MR) is 93.6 cm³/mol. The molecule has 2 heterocycles. The molecule has 0 spiro atoms. The first-order chi connectivity index (χ1) is 11.5. The van der Waals surface area contributed by atoms with Crippen molar-refractivity contribution in [2.75, 3.05) is 65.4 Å². The summed E-state index contributed by atoms with van der Waals surface area (Å²) < 4.78 is 0. The number of hydrogen-bond donors (Lipinski definition) is 0. The Labute approximate surface area is 145 Å². The SMILES string of the molecule is CC(C)CN1CCN(CC(=O)N2CCN(C(=O)C3CC3)CC2)CC1. The highest BCUT2D eigenvalue weighted by molar-refractivity contribution is 5.82. The fourth-order valence-corrected chi connectivity index (χ4v) is 3.70. The standard InChI is InChI=1S/C18H32N4O2/c1-15(2)13-19-5-7-20(8-6-19)14-17(23)21-9-11-22(12-10-21)18(24)16-3-4-16/h15-16H,3-14H2,1-2H3. The van der Waals surface area contributed by atoms with E-state index in [4.69, 9.17) is 0 Å². The molecule has 6 nitrogen and oxygen atoms in total. The zero-order chi connectivity index (χ0) is 17.1. The van der Waals surface area contributed by atoms with Gasteiger partial charge in [0.25, 0.3) is 0 Å². The molecule has 0 aromatic heterocycles. The first-order valence-electron chi connectivity index (χ1n) is 9.54. The van der Waals surface area contributed by atoms with Crippen LogP contribution in [0.3, 0.4) is 0 Å². The van der Waals surface area contributed by atoms with E-state index in [2.05, 4.69) is 23.6 Å². The molecular formula is C18H32N4O2. The van der Waals surface area contributed by atoms with Crippen molar-refractivity contribution in [1.29, 1.82) is 0 Å². The Morgan fingerprint density at radius 1 is 0.833 bits per heavy atom. The van der Waals surface area contributed by atoms with Gasteiger partial charge in [0.05, 0.1) is 6.54 Å². The molecular weight excluding hydrogens is 304 g/mol. The molecule has 0 unspecified atom stereocenters. The van der Waals surface area contributed by atoms with Crippen LogP contribution in [0.25, 0.3) is 0 Å². The van der Waals surface area contributed by atoms with E-state index < -0.39 is 0 Å². The van der Waals surface area contributed by atoms with Crippen LogP contribution in [0, 0.1) is 11.8 Å². The van der Waals surface area contributed by atoms with Gasteiger partial charge in [-0.15, -0.1) is 0 Å². The summed E-state index contributed by atoms with van der Waals surface area (Å²) in [6.07, 6.45) is 2.11. The third-order valence-corrected chi connectivity index (χ3v) is 5.32. The highest BCUT2D eigenvalue weighted by atomic mass is 16.2. The summed E-state index contributed by atoms with van der Waals surface area (Å²) in [5, 5.41) is 0. The zero-order valence-electron chi connectivity index (χ0n) is 15.2. The number of nitrogens with zero attached hydrogens (tertiary/aromatic N) is 4. The van der Waals surface area contributed by atoms with Crippen LogP contribution in [-0.2, 0) is 9.59 Å². The van der Waals surface area contributed by atoms with Crippen LogP contribution in [0.15, 0.2) is 0 Å². The Bertz CT molecular complexity index is 448. The molecule has 136 valence electrons. The van der Waals surface area contributed by atoms with Crippen LogP contribution >= 0.6 is 0 Å². The van der Waals surface area contributed by atoms with Gasteiger partial charge in [0, 0.05) is 64.8 Å². The summed E-state index contributed by atoms with van der Waals surface area (Å²) in [4.78, 5) is 33.3. The first-order valence-corrected chi connectivity index (χ1v) is 9.54. The van der Waals surface area contributed by atoms with Crippen molar-refractivity contribution in [3.05, 3.63) is 0 Å². The maximum absolute atomic E-state index is 12.5. The molecule has 0 aromatic rings. The maximum atomic E-state index is 12.5. The number of carbonyl (C=O) groups is 2. The second-order valence-electron chi connectivity index (χ2n) is 7.95.